The molecule has 4 fully saturated rings. The highest BCUT2D eigenvalue weighted by Gasteiger charge is 2.59. The molecule has 1 saturated heterocycles. The molecule has 0 spiro atoms. The van der Waals surface area contributed by atoms with Gasteiger partial charge in [0.15, 0.2) is 0 Å². The Kier molecular flexibility index (Phi) is 7.59. The third-order valence-corrected chi connectivity index (χ3v) is 12.8. The first kappa shape index (κ1) is 28.2. The lowest BCUT2D eigenvalue weighted by atomic mass is 9.47. The van der Waals surface area contributed by atoms with Crippen LogP contribution in [0.3, 0.4) is 0 Å². The second-order valence-corrected chi connectivity index (χ2v) is 15.0. The molecule has 3 saturated carbocycles. The van der Waals surface area contributed by atoms with Crippen LogP contribution in [-0.2, 0) is 9.59 Å². The number of hydrogen-bond donors (Lipinski definition) is 1. The van der Waals surface area contributed by atoms with Gasteiger partial charge in [-0.25, -0.2) is 0 Å². The highest BCUT2D eigenvalue weighted by Crippen LogP contribution is 2.67. The molecule has 0 aromatic carbocycles. The molecule has 0 radical (unpaired) electrons. The summed E-state index contributed by atoms with van der Waals surface area (Å²) in [7, 11) is 3.66. The lowest BCUT2D eigenvalue weighted by Gasteiger charge is -2.58. The van der Waals surface area contributed by atoms with E-state index in [9.17, 15) is 14.7 Å². The Bertz CT molecular complexity index is 950. The number of carbonyl (C=O) groups is 2. The number of rotatable bonds is 5. The predicted molar refractivity (Wildman–Crippen MR) is 152 cm³/mol. The van der Waals surface area contributed by atoms with Crippen molar-refractivity contribution in [2.45, 2.75) is 111 Å². The van der Waals surface area contributed by atoms with Crippen molar-refractivity contribution < 1.29 is 14.7 Å². The van der Waals surface area contributed by atoms with E-state index in [4.69, 9.17) is 0 Å². The predicted octanol–water partition coefficient (Wildman–Crippen LogP) is 6.06. The first-order valence-corrected chi connectivity index (χ1v) is 15.8. The molecule has 0 bridgehead atoms. The van der Waals surface area contributed by atoms with Gasteiger partial charge in [0.25, 0.3) is 0 Å². The summed E-state index contributed by atoms with van der Waals surface area (Å²) < 4.78 is 0. The van der Waals surface area contributed by atoms with Crippen LogP contribution in [0.1, 0.15) is 105 Å². The molecule has 5 rings (SSSR count). The Morgan fingerprint density at radius 3 is 2.42 bits per heavy atom. The van der Waals surface area contributed by atoms with Crippen molar-refractivity contribution in [1.82, 2.24) is 9.80 Å². The van der Waals surface area contributed by atoms with Crippen LogP contribution in [0.25, 0.3) is 0 Å². The van der Waals surface area contributed by atoms with Gasteiger partial charge in [-0.1, -0.05) is 39.3 Å². The molecule has 1 heterocycles. The molecule has 2 amide bonds. The lowest BCUT2D eigenvalue weighted by molar-refractivity contribution is -0.145. The Balaban J connectivity index is 1.17. The summed E-state index contributed by atoms with van der Waals surface area (Å²) in [6.07, 6.45) is 15.2. The van der Waals surface area contributed by atoms with E-state index in [1.54, 1.807) is 10.5 Å². The zero-order valence-corrected chi connectivity index (χ0v) is 25.1. The summed E-state index contributed by atoms with van der Waals surface area (Å²) in [6.45, 7) is 11.0. The SMILES string of the molecule is CC(CCC(=O)N1CCC(C)(C(=O)N(C)C)CC1)[C@H]1CC[C@H]2[C@@H]3CC=C4C[C@@H](O)CC[C@]4(C)[C@H]3CC[C@]12C. The third kappa shape index (κ3) is 4.67. The Morgan fingerprint density at radius 1 is 1.03 bits per heavy atom. The number of hydrogen-bond acceptors (Lipinski definition) is 3. The van der Waals surface area contributed by atoms with Gasteiger partial charge in [-0.2, -0.15) is 0 Å². The molecular formula is C33H54N2O3. The van der Waals surface area contributed by atoms with Crippen LogP contribution >= 0.6 is 0 Å². The Morgan fingerprint density at radius 2 is 1.74 bits per heavy atom. The largest absolute Gasteiger partial charge is 0.393 e. The second kappa shape index (κ2) is 10.2. The molecule has 4 aliphatic carbocycles. The fourth-order valence-corrected chi connectivity index (χ4v) is 10.3. The van der Waals surface area contributed by atoms with Crippen molar-refractivity contribution in [2.75, 3.05) is 27.2 Å². The van der Waals surface area contributed by atoms with Crippen LogP contribution in [-0.4, -0.2) is 60.0 Å². The minimum Gasteiger partial charge on any atom is -0.393 e. The molecular weight excluding hydrogens is 472 g/mol. The van der Waals surface area contributed by atoms with Gasteiger partial charge in [0.1, 0.15) is 0 Å². The summed E-state index contributed by atoms with van der Waals surface area (Å²) in [4.78, 5) is 29.5. The number of aliphatic hydroxyl groups excluding tert-OH is 1. The van der Waals surface area contributed by atoms with Gasteiger partial charge in [-0.3, -0.25) is 9.59 Å². The van der Waals surface area contributed by atoms with Crippen molar-refractivity contribution in [1.29, 1.82) is 0 Å². The van der Waals surface area contributed by atoms with Gasteiger partial charge in [-0.05, 0) is 111 Å². The van der Waals surface area contributed by atoms with Crippen LogP contribution in [0.2, 0.25) is 0 Å². The van der Waals surface area contributed by atoms with Gasteiger partial charge in [0, 0.05) is 39.0 Å². The van der Waals surface area contributed by atoms with E-state index in [0.29, 0.717) is 36.3 Å². The van der Waals surface area contributed by atoms with E-state index < -0.39 is 0 Å². The summed E-state index contributed by atoms with van der Waals surface area (Å²) in [5.41, 5.74) is 1.94. The van der Waals surface area contributed by atoms with E-state index in [-0.39, 0.29) is 23.3 Å². The number of fused-ring (bicyclic) bond motifs is 5. The molecule has 0 aromatic rings. The first-order valence-electron chi connectivity index (χ1n) is 15.8. The molecule has 0 aromatic heterocycles. The number of amides is 2. The van der Waals surface area contributed by atoms with Gasteiger partial charge < -0.3 is 14.9 Å². The van der Waals surface area contributed by atoms with E-state index >= 15 is 0 Å². The van der Waals surface area contributed by atoms with Crippen LogP contribution in [0.5, 0.6) is 0 Å². The minimum atomic E-state index is -0.330. The van der Waals surface area contributed by atoms with E-state index in [0.717, 1.165) is 62.2 Å². The minimum absolute atomic E-state index is 0.130. The van der Waals surface area contributed by atoms with Crippen LogP contribution < -0.4 is 0 Å². The maximum atomic E-state index is 13.2. The first-order chi connectivity index (χ1) is 17.9. The molecule has 214 valence electrons. The maximum Gasteiger partial charge on any atom is 0.228 e. The number of allylic oxidation sites excluding steroid dienone is 1. The Hall–Kier alpha value is -1.36. The number of nitrogens with zero attached hydrogens (tertiary/aromatic N) is 2. The van der Waals surface area contributed by atoms with Gasteiger partial charge >= 0.3 is 0 Å². The Labute approximate surface area is 231 Å². The molecule has 1 N–H and O–H groups in total. The number of carbonyl (C=O) groups excluding carboxylic acids is 2. The zero-order valence-electron chi connectivity index (χ0n) is 25.1. The van der Waals surface area contributed by atoms with Crippen molar-refractivity contribution in [3.8, 4) is 0 Å². The molecule has 1 aliphatic heterocycles. The molecule has 38 heavy (non-hydrogen) atoms. The van der Waals surface area contributed by atoms with E-state index in [1.807, 2.05) is 19.0 Å². The van der Waals surface area contributed by atoms with Crippen molar-refractivity contribution in [2.24, 2.45) is 45.8 Å². The molecule has 5 aliphatic rings. The van der Waals surface area contributed by atoms with Crippen molar-refractivity contribution in [3.63, 3.8) is 0 Å². The number of piperidine rings is 1. The average Bonchev–Trinajstić information content (AvgIpc) is 3.24. The van der Waals surface area contributed by atoms with Crippen molar-refractivity contribution >= 4 is 11.8 Å². The lowest BCUT2D eigenvalue weighted by Crippen LogP contribution is -2.50. The standard InChI is InChI=1S/C33H54N2O3/c1-22(7-12-29(37)35-19-17-31(2,18-20-35)30(38)34(5)6)26-10-11-27-25-9-8-23-21-24(36)13-15-32(23,3)28(25)14-16-33(26,27)4/h8,22,24-28,36H,7,9-21H2,1-6H3/t22?,24-,25-,26+,27-,28-,32-,33+/m0/s1. The summed E-state index contributed by atoms with van der Waals surface area (Å²) in [5, 5.41) is 10.3. The maximum absolute atomic E-state index is 13.2. The monoisotopic (exact) mass is 526 g/mol. The molecule has 8 atom stereocenters. The highest BCUT2D eigenvalue weighted by atomic mass is 16.3. The normalized spacial score (nSPS) is 40.9. The van der Waals surface area contributed by atoms with Gasteiger partial charge in [0.05, 0.1) is 6.10 Å². The number of likely N-dealkylation sites (tertiary alicyclic amines) is 1. The van der Waals surface area contributed by atoms with Crippen molar-refractivity contribution in [3.05, 3.63) is 11.6 Å². The second-order valence-electron chi connectivity index (χ2n) is 15.0. The molecule has 1 unspecified atom stereocenters. The summed E-state index contributed by atoms with van der Waals surface area (Å²) in [5.74, 6) is 4.16. The smallest absolute Gasteiger partial charge is 0.228 e. The van der Waals surface area contributed by atoms with Gasteiger partial charge in [-0.15, -0.1) is 0 Å². The zero-order chi connectivity index (χ0) is 27.5. The van der Waals surface area contributed by atoms with Gasteiger partial charge in [0.2, 0.25) is 11.8 Å². The van der Waals surface area contributed by atoms with Crippen LogP contribution in [0.15, 0.2) is 11.6 Å². The third-order valence-electron chi connectivity index (χ3n) is 12.8. The van der Waals surface area contributed by atoms with E-state index in [1.165, 1.54) is 32.1 Å². The molecule has 5 nitrogen and oxygen atoms in total. The highest BCUT2D eigenvalue weighted by molar-refractivity contribution is 5.82. The van der Waals surface area contributed by atoms with Crippen LogP contribution in [0.4, 0.5) is 0 Å². The summed E-state index contributed by atoms with van der Waals surface area (Å²) in [6, 6.07) is 0. The fraction of sp³-hybridized carbons (Fsp3) is 0.879. The quantitative estimate of drug-likeness (QED) is 0.443. The van der Waals surface area contributed by atoms with E-state index in [2.05, 4.69) is 33.8 Å². The topological polar surface area (TPSA) is 60.9 Å². The van der Waals surface area contributed by atoms with Crippen LogP contribution in [0, 0.1) is 45.8 Å². The number of aliphatic hydroxyl groups is 1. The molecule has 5 heteroatoms. The fourth-order valence-electron chi connectivity index (χ4n) is 10.3. The summed E-state index contributed by atoms with van der Waals surface area (Å²) >= 11 is 0. The average molecular weight is 527 g/mol.